The van der Waals surface area contributed by atoms with Crippen molar-refractivity contribution in [2.75, 3.05) is 0 Å². The van der Waals surface area contributed by atoms with Crippen LogP contribution in [0.15, 0.2) is 36.1 Å². The van der Waals surface area contributed by atoms with Gasteiger partial charge in [-0.25, -0.2) is 9.97 Å². The summed E-state index contributed by atoms with van der Waals surface area (Å²) in [5, 5.41) is 0.231. The molecule has 1 aromatic rings. The molecule has 3 heteroatoms. The molecule has 0 saturated heterocycles. The molecule has 0 saturated carbocycles. The molecule has 0 aromatic carbocycles. The first-order chi connectivity index (χ1) is 8.34. The maximum Gasteiger partial charge on any atom is 0.223 e. The Morgan fingerprint density at radius 1 is 1.24 bits per heavy atom. The van der Waals surface area contributed by atoms with Gasteiger partial charge in [0.05, 0.1) is 0 Å². The molecular formula is C14H15ClN2. The van der Waals surface area contributed by atoms with E-state index in [1.165, 1.54) is 0 Å². The largest absolute Gasteiger partial charge is 0.226 e. The molecule has 2 nitrogen and oxygen atoms in total. The summed E-state index contributed by atoms with van der Waals surface area (Å²) in [6.07, 6.45) is 10.0. The van der Waals surface area contributed by atoms with E-state index in [-0.39, 0.29) is 5.28 Å². The third-order valence-corrected chi connectivity index (χ3v) is 2.14. The average molecular weight is 247 g/mol. The molecule has 0 aliphatic heterocycles. The quantitative estimate of drug-likeness (QED) is 0.514. The number of hydrogen-bond donors (Lipinski definition) is 0. The molecule has 0 amide bonds. The van der Waals surface area contributed by atoms with Crippen molar-refractivity contribution >= 4 is 11.6 Å². The first kappa shape index (κ1) is 13.5. The van der Waals surface area contributed by atoms with Crippen molar-refractivity contribution in [1.29, 1.82) is 0 Å². The predicted molar refractivity (Wildman–Crippen MR) is 71.7 cm³/mol. The van der Waals surface area contributed by atoms with Crippen LogP contribution >= 0.6 is 11.6 Å². The van der Waals surface area contributed by atoms with Crippen LogP contribution in [0.3, 0.4) is 0 Å². The lowest BCUT2D eigenvalue weighted by Crippen LogP contribution is -1.86. The van der Waals surface area contributed by atoms with Gasteiger partial charge in [-0.2, -0.15) is 0 Å². The van der Waals surface area contributed by atoms with Crippen LogP contribution in [0.25, 0.3) is 0 Å². The van der Waals surface area contributed by atoms with E-state index in [1.807, 2.05) is 19.9 Å². The molecule has 0 radical (unpaired) electrons. The summed E-state index contributed by atoms with van der Waals surface area (Å²) in [6, 6.07) is 1.74. The van der Waals surface area contributed by atoms with Gasteiger partial charge < -0.3 is 0 Å². The zero-order valence-electron chi connectivity index (χ0n) is 10.1. The van der Waals surface area contributed by atoms with E-state index in [0.29, 0.717) is 5.69 Å². The fraction of sp³-hybridized carbons (Fsp3) is 0.286. The van der Waals surface area contributed by atoms with Crippen LogP contribution < -0.4 is 0 Å². The molecule has 1 heterocycles. The molecule has 1 aliphatic rings. The van der Waals surface area contributed by atoms with Gasteiger partial charge in [-0.15, -0.1) is 0 Å². The van der Waals surface area contributed by atoms with Crippen LogP contribution in [0.4, 0.5) is 0 Å². The van der Waals surface area contributed by atoms with Gasteiger partial charge in [-0.3, -0.25) is 0 Å². The van der Waals surface area contributed by atoms with Crippen LogP contribution in [-0.4, -0.2) is 9.97 Å². The molecule has 0 bridgehead atoms. The van der Waals surface area contributed by atoms with Crippen molar-refractivity contribution in [3.63, 3.8) is 0 Å². The Kier molecular flexibility index (Phi) is 6.06. The number of halogens is 1. The second-order valence-corrected chi connectivity index (χ2v) is 3.44. The van der Waals surface area contributed by atoms with Gasteiger partial charge >= 0.3 is 0 Å². The summed E-state index contributed by atoms with van der Waals surface area (Å²) in [4.78, 5) is 7.78. The van der Waals surface area contributed by atoms with E-state index in [0.717, 1.165) is 18.4 Å². The van der Waals surface area contributed by atoms with Crippen LogP contribution in [0.1, 0.15) is 32.4 Å². The minimum Gasteiger partial charge on any atom is -0.226 e. The SMILES string of the molecule is CC.Clc1nccc(C#CC2=CCCC=C2)n1. The summed E-state index contributed by atoms with van der Waals surface area (Å²) in [5.74, 6) is 5.99. The van der Waals surface area contributed by atoms with E-state index in [4.69, 9.17) is 11.6 Å². The predicted octanol–water partition coefficient (Wildman–Crippen LogP) is 3.78. The van der Waals surface area contributed by atoms with Gasteiger partial charge in [0.15, 0.2) is 0 Å². The highest BCUT2D eigenvalue weighted by atomic mass is 35.5. The molecule has 2 rings (SSSR count). The van der Waals surface area contributed by atoms with Gasteiger partial charge in [0.25, 0.3) is 0 Å². The Labute approximate surface area is 107 Å². The highest BCUT2D eigenvalue weighted by molar-refractivity contribution is 6.28. The molecule has 0 unspecified atom stereocenters. The standard InChI is InChI=1S/C12H9ClN2.C2H6/c13-12-14-9-8-11(15-12)7-6-10-4-2-1-3-5-10;1-2/h2,4-5,8-9H,1,3H2;1-2H3. The van der Waals surface area contributed by atoms with Crippen LogP contribution in [-0.2, 0) is 0 Å². The van der Waals surface area contributed by atoms with Gasteiger partial charge in [0.1, 0.15) is 5.69 Å². The minimum atomic E-state index is 0.231. The monoisotopic (exact) mass is 246 g/mol. The maximum atomic E-state index is 5.65. The Bertz CT molecular complexity index is 478. The molecule has 0 fully saturated rings. The third kappa shape index (κ3) is 4.84. The summed E-state index contributed by atoms with van der Waals surface area (Å²) in [5.41, 5.74) is 1.69. The molecule has 1 aromatic heterocycles. The van der Waals surface area contributed by atoms with E-state index in [1.54, 1.807) is 12.3 Å². The zero-order valence-corrected chi connectivity index (χ0v) is 10.8. The zero-order chi connectivity index (χ0) is 12.5. The fourth-order valence-corrected chi connectivity index (χ4v) is 1.39. The van der Waals surface area contributed by atoms with E-state index >= 15 is 0 Å². The molecule has 0 N–H and O–H groups in total. The van der Waals surface area contributed by atoms with Gasteiger partial charge in [-0.05, 0) is 36.4 Å². The Balaban J connectivity index is 0.000000686. The lowest BCUT2D eigenvalue weighted by Gasteiger charge is -1.97. The summed E-state index contributed by atoms with van der Waals surface area (Å²) in [7, 11) is 0. The van der Waals surface area contributed by atoms with Crippen LogP contribution in [0, 0.1) is 11.8 Å². The van der Waals surface area contributed by atoms with Gasteiger partial charge in [0.2, 0.25) is 5.28 Å². The number of nitrogens with zero attached hydrogens (tertiary/aromatic N) is 2. The third-order valence-electron chi connectivity index (χ3n) is 1.96. The van der Waals surface area contributed by atoms with Crippen molar-refractivity contribution in [1.82, 2.24) is 9.97 Å². The topological polar surface area (TPSA) is 25.8 Å². The van der Waals surface area contributed by atoms with Gasteiger partial charge in [0, 0.05) is 11.8 Å². The number of rotatable bonds is 0. The maximum absolute atomic E-state index is 5.65. The highest BCUT2D eigenvalue weighted by Crippen LogP contribution is 2.08. The summed E-state index contributed by atoms with van der Waals surface area (Å²) in [6.45, 7) is 4.00. The van der Waals surface area contributed by atoms with E-state index in [2.05, 4.69) is 34.0 Å². The fourth-order valence-electron chi connectivity index (χ4n) is 1.25. The van der Waals surface area contributed by atoms with E-state index in [9.17, 15) is 0 Å². The number of aromatic nitrogens is 2. The van der Waals surface area contributed by atoms with Crippen molar-refractivity contribution in [2.45, 2.75) is 26.7 Å². The highest BCUT2D eigenvalue weighted by Gasteiger charge is 1.94. The van der Waals surface area contributed by atoms with Crippen LogP contribution in [0.5, 0.6) is 0 Å². The molecule has 1 aliphatic carbocycles. The second kappa shape index (κ2) is 7.65. The normalized spacial score (nSPS) is 12.8. The molecule has 17 heavy (non-hydrogen) atoms. The average Bonchev–Trinajstić information content (AvgIpc) is 2.40. The number of allylic oxidation sites excluding steroid dienone is 4. The number of hydrogen-bond acceptors (Lipinski definition) is 2. The first-order valence-corrected chi connectivity index (χ1v) is 6.10. The minimum absolute atomic E-state index is 0.231. The summed E-state index contributed by atoms with van der Waals surface area (Å²) >= 11 is 5.65. The lowest BCUT2D eigenvalue weighted by atomic mass is 10.1. The molecule has 0 spiro atoms. The van der Waals surface area contributed by atoms with Crippen molar-refractivity contribution < 1.29 is 0 Å². The van der Waals surface area contributed by atoms with Gasteiger partial charge in [-0.1, -0.05) is 38.0 Å². The van der Waals surface area contributed by atoms with Crippen LogP contribution in [0.2, 0.25) is 5.28 Å². The molecule has 0 atom stereocenters. The van der Waals surface area contributed by atoms with Crippen molar-refractivity contribution in [2.24, 2.45) is 0 Å². The second-order valence-electron chi connectivity index (χ2n) is 3.10. The van der Waals surface area contributed by atoms with Crippen molar-refractivity contribution in [3.8, 4) is 11.8 Å². The Morgan fingerprint density at radius 2 is 2.06 bits per heavy atom. The lowest BCUT2D eigenvalue weighted by molar-refractivity contribution is 1.03. The molecular weight excluding hydrogens is 232 g/mol. The summed E-state index contributed by atoms with van der Waals surface area (Å²) < 4.78 is 0. The molecule has 88 valence electrons. The smallest absolute Gasteiger partial charge is 0.223 e. The van der Waals surface area contributed by atoms with Crippen molar-refractivity contribution in [3.05, 3.63) is 47.0 Å². The Hall–Kier alpha value is -1.59. The first-order valence-electron chi connectivity index (χ1n) is 5.72. The Morgan fingerprint density at radius 3 is 2.71 bits per heavy atom. The van der Waals surface area contributed by atoms with E-state index < -0.39 is 0 Å².